The number of ether oxygens (including phenoxy) is 1. The highest BCUT2D eigenvalue weighted by Gasteiger charge is 2.21. The van der Waals surface area contributed by atoms with Gasteiger partial charge in [-0.05, 0) is 49.3 Å². The van der Waals surface area contributed by atoms with Gasteiger partial charge in [-0.25, -0.2) is 13.8 Å². The van der Waals surface area contributed by atoms with Gasteiger partial charge < -0.3 is 20.4 Å². The second kappa shape index (κ2) is 10.9. The Bertz CT molecular complexity index is 1330. The van der Waals surface area contributed by atoms with Gasteiger partial charge in [0.05, 0.1) is 29.9 Å². The first-order chi connectivity index (χ1) is 17.6. The first-order valence-corrected chi connectivity index (χ1v) is 11.9. The summed E-state index contributed by atoms with van der Waals surface area (Å²) < 4.78 is 33.4. The molecule has 1 saturated heterocycles. The van der Waals surface area contributed by atoms with Gasteiger partial charge in [-0.15, -0.1) is 0 Å². The van der Waals surface area contributed by atoms with Crippen LogP contribution in [0.5, 0.6) is 0 Å². The van der Waals surface area contributed by atoms with Crippen molar-refractivity contribution in [2.75, 3.05) is 44.7 Å². The number of hydrogen-bond acceptors (Lipinski definition) is 6. The number of carbonyl (C=O) groups excluding carboxylic acids is 1. The number of amides is 1. The number of imidazole rings is 1. The number of carbonyl (C=O) groups is 1. The van der Waals surface area contributed by atoms with Gasteiger partial charge in [-0.3, -0.25) is 14.8 Å². The summed E-state index contributed by atoms with van der Waals surface area (Å²) in [6.07, 6.45) is 2.50. The molecule has 2 aromatic carbocycles. The average molecular weight is 496 g/mol. The second-order valence-corrected chi connectivity index (χ2v) is 8.62. The van der Waals surface area contributed by atoms with E-state index in [1.165, 1.54) is 12.3 Å². The predicted molar refractivity (Wildman–Crippen MR) is 132 cm³/mol. The fourth-order valence-corrected chi connectivity index (χ4v) is 4.22. The Labute approximate surface area is 206 Å². The Balaban J connectivity index is 1.22. The highest BCUT2D eigenvalue weighted by molar-refractivity contribution is 6.06. The maximum absolute atomic E-state index is 14.0. The maximum atomic E-state index is 14.0. The zero-order valence-corrected chi connectivity index (χ0v) is 19.6. The standard InChI is InChI=1S/C25H27F2N7O2/c26-17-3-1-4-18(27)22(17)25(35)32-21-15-29-33-23(21)24-30-19-6-5-16(13-20(19)31-24)14-28-7-2-8-34-9-11-36-12-10-34/h1,3-6,13,15,28H,2,7-12,14H2,(H,29,33)(H,30,31)(H,32,35). The molecule has 1 aliphatic rings. The number of aromatic nitrogens is 4. The fourth-order valence-electron chi connectivity index (χ4n) is 4.22. The summed E-state index contributed by atoms with van der Waals surface area (Å²) in [4.78, 5) is 22.7. The van der Waals surface area contributed by atoms with Crippen LogP contribution < -0.4 is 10.6 Å². The number of H-pyrrole nitrogens is 2. The molecule has 0 unspecified atom stereocenters. The maximum Gasteiger partial charge on any atom is 0.261 e. The van der Waals surface area contributed by atoms with E-state index in [0.717, 1.165) is 81.1 Å². The quantitative estimate of drug-likeness (QED) is 0.265. The van der Waals surface area contributed by atoms with Crippen LogP contribution in [0.4, 0.5) is 14.5 Å². The van der Waals surface area contributed by atoms with Gasteiger partial charge in [0.15, 0.2) is 11.5 Å². The van der Waals surface area contributed by atoms with E-state index in [2.05, 4.69) is 35.7 Å². The Kier molecular flexibility index (Phi) is 7.31. The first-order valence-electron chi connectivity index (χ1n) is 11.9. The zero-order chi connectivity index (χ0) is 24.9. The van der Waals surface area contributed by atoms with Crippen molar-refractivity contribution in [3.63, 3.8) is 0 Å². The summed E-state index contributed by atoms with van der Waals surface area (Å²) in [6, 6.07) is 9.22. The van der Waals surface area contributed by atoms with Crippen LogP contribution in [-0.2, 0) is 11.3 Å². The van der Waals surface area contributed by atoms with E-state index >= 15 is 0 Å². The molecule has 0 aliphatic carbocycles. The molecule has 1 fully saturated rings. The lowest BCUT2D eigenvalue weighted by Gasteiger charge is -2.26. The third-order valence-electron chi connectivity index (χ3n) is 6.11. The van der Waals surface area contributed by atoms with Crippen LogP contribution in [0, 0.1) is 11.6 Å². The molecule has 2 aromatic heterocycles. The van der Waals surface area contributed by atoms with Gasteiger partial charge in [0.1, 0.15) is 17.2 Å². The summed E-state index contributed by atoms with van der Waals surface area (Å²) in [7, 11) is 0. The van der Waals surface area contributed by atoms with Crippen molar-refractivity contribution < 1.29 is 18.3 Å². The molecule has 3 heterocycles. The molecule has 0 saturated carbocycles. The molecule has 0 atom stereocenters. The largest absolute Gasteiger partial charge is 0.379 e. The zero-order valence-electron chi connectivity index (χ0n) is 19.6. The molecule has 4 aromatic rings. The smallest absolute Gasteiger partial charge is 0.261 e. The van der Waals surface area contributed by atoms with Crippen molar-refractivity contribution >= 4 is 22.6 Å². The molecule has 0 radical (unpaired) electrons. The lowest BCUT2D eigenvalue weighted by Crippen LogP contribution is -2.37. The van der Waals surface area contributed by atoms with Gasteiger partial charge >= 0.3 is 0 Å². The van der Waals surface area contributed by atoms with Crippen molar-refractivity contribution in [3.05, 3.63) is 65.4 Å². The molecular formula is C25H27F2N7O2. The van der Waals surface area contributed by atoms with Crippen LogP contribution in [0.15, 0.2) is 42.6 Å². The van der Waals surface area contributed by atoms with Gasteiger partial charge in [-0.2, -0.15) is 5.10 Å². The fraction of sp³-hybridized carbons (Fsp3) is 0.320. The van der Waals surface area contributed by atoms with E-state index in [0.29, 0.717) is 11.5 Å². The molecule has 5 rings (SSSR count). The van der Waals surface area contributed by atoms with E-state index in [4.69, 9.17) is 4.74 Å². The van der Waals surface area contributed by atoms with Gasteiger partial charge in [-0.1, -0.05) is 12.1 Å². The molecule has 9 nitrogen and oxygen atoms in total. The molecular weight excluding hydrogens is 468 g/mol. The predicted octanol–water partition coefficient (Wildman–Crippen LogP) is 3.30. The summed E-state index contributed by atoms with van der Waals surface area (Å²) in [5.74, 6) is -2.37. The van der Waals surface area contributed by atoms with Crippen molar-refractivity contribution in [2.45, 2.75) is 13.0 Å². The summed E-state index contributed by atoms with van der Waals surface area (Å²) >= 11 is 0. The first kappa shape index (κ1) is 24.0. The number of rotatable bonds is 9. The SMILES string of the molecule is O=C(Nc1c[nH]nc1-c1nc2cc(CNCCCN3CCOCC3)ccc2[nH]1)c1c(F)cccc1F. The van der Waals surface area contributed by atoms with E-state index < -0.39 is 23.1 Å². The minimum Gasteiger partial charge on any atom is -0.379 e. The third-order valence-corrected chi connectivity index (χ3v) is 6.11. The minimum atomic E-state index is -0.941. The minimum absolute atomic E-state index is 0.254. The third kappa shape index (κ3) is 5.43. The Hall–Kier alpha value is -3.67. The topological polar surface area (TPSA) is 111 Å². The Morgan fingerprint density at radius 3 is 2.75 bits per heavy atom. The van der Waals surface area contributed by atoms with Crippen LogP contribution in [-0.4, -0.2) is 70.4 Å². The number of halogens is 2. The summed E-state index contributed by atoms with van der Waals surface area (Å²) in [6.45, 7) is 6.33. The van der Waals surface area contributed by atoms with Crippen molar-refractivity contribution in [3.8, 4) is 11.5 Å². The van der Waals surface area contributed by atoms with E-state index in [1.54, 1.807) is 0 Å². The second-order valence-electron chi connectivity index (χ2n) is 8.62. The Morgan fingerprint density at radius 2 is 1.94 bits per heavy atom. The average Bonchev–Trinajstić information content (AvgIpc) is 3.50. The van der Waals surface area contributed by atoms with E-state index in [1.807, 2.05) is 18.2 Å². The van der Waals surface area contributed by atoms with Crippen LogP contribution in [0.25, 0.3) is 22.6 Å². The van der Waals surface area contributed by atoms with Crippen molar-refractivity contribution in [1.29, 1.82) is 0 Å². The highest BCUT2D eigenvalue weighted by Crippen LogP contribution is 2.26. The molecule has 188 valence electrons. The van der Waals surface area contributed by atoms with Crippen LogP contribution >= 0.6 is 0 Å². The van der Waals surface area contributed by atoms with Gasteiger partial charge in [0.25, 0.3) is 5.91 Å². The van der Waals surface area contributed by atoms with Gasteiger partial charge in [0.2, 0.25) is 0 Å². The number of nitrogens with one attached hydrogen (secondary N) is 4. The Morgan fingerprint density at radius 1 is 1.14 bits per heavy atom. The normalized spacial score (nSPS) is 14.4. The number of nitrogens with zero attached hydrogens (tertiary/aromatic N) is 3. The lowest BCUT2D eigenvalue weighted by atomic mass is 10.2. The van der Waals surface area contributed by atoms with Crippen molar-refractivity contribution in [1.82, 2.24) is 30.4 Å². The van der Waals surface area contributed by atoms with Crippen molar-refractivity contribution in [2.24, 2.45) is 0 Å². The number of benzene rings is 2. The number of anilines is 1. The number of hydrogen-bond donors (Lipinski definition) is 4. The van der Waals surface area contributed by atoms with Crippen LogP contribution in [0.1, 0.15) is 22.3 Å². The summed E-state index contributed by atoms with van der Waals surface area (Å²) in [5.41, 5.74) is 2.58. The molecule has 1 aliphatic heterocycles. The number of fused-ring (bicyclic) bond motifs is 1. The molecule has 11 heteroatoms. The monoisotopic (exact) mass is 495 g/mol. The number of morpholine rings is 1. The molecule has 0 spiro atoms. The van der Waals surface area contributed by atoms with Crippen LogP contribution in [0.3, 0.4) is 0 Å². The number of aromatic amines is 2. The molecule has 4 N–H and O–H groups in total. The molecule has 0 bridgehead atoms. The van der Waals surface area contributed by atoms with E-state index in [-0.39, 0.29) is 5.69 Å². The van der Waals surface area contributed by atoms with E-state index in [9.17, 15) is 13.6 Å². The highest BCUT2D eigenvalue weighted by atomic mass is 19.1. The molecule has 36 heavy (non-hydrogen) atoms. The lowest BCUT2D eigenvalue weighted by molar-refractivity contribution is 0.0374. The molecule has 1 amide bonds. The summed E-state index contributed by atoms with van der Waals surface area (Å²) in [5, 5.41) is 12.8. The van der Waals surface area contributed by atoms with Gasteiger partial charge in [0, 0.05) is 25.8 Å². The van der Waals surface area contributed by atoms with Crippen LogP contribution in [0.2, 0.25) is 0 Å².